The van der Waals surface area contributed by atoms with E-state index in [1.807, 2.05) is 92.0 Å². The molecule has 0 amide bonds. The summed E-state index contributed by atoms with van der Waals surface area (Å²) in [6.45, 7) is 11.0. The van der Waals surface area contributed by atoms with Gasteiger partial charge in [0.25, 0.3) is 0 Å². The van der Waals surface area contributed by atoms with Gasteiger partial charge in [-0.15, -0.1) is 0 Å². The van der Waals surface area contributed by atoms with Crippen molar-refractivity contribution in [1.82, 2.24) is 0 Å². The number of hydrogen-bond acceptors (Lipinski definition) is 6. The summed E-state index contributed by atoms with van der Waals surface area (Å²) in [6.07, 6.45) is -2.52. The summed E-state index contributed by atoms with van der Waals surface area (Å²) in [5, 5.41) is 24.3. The number of rotatable bonds is 9. The summed E-state index contributed by atoms with van der Waals surface area (Å²) in [5.74, 6) is 1.47. The molecule has 4 aromatic carbocycles. The Kier molecular flexibility index (Phi) is 8.75. The standard InChI is InChI=1S/C35H39O6Si/c1-34(2,3)26-16-19-29(31(20-26)39-23-25-14-10-7-11-15-25)35(37)32(36)28-18-17-27(38-22-24-12-8-6-9-13-24)21-30(28)40-33(35)41-42(4)5/h6-21,32-33,36-37H,22-23H2,1-5H3. The number of aliphatic hydroxyl groups excluding tert-OH is 1. The van der Waals surface area contributed by atoms with Gasteiger partial charge in [0.2, 0.25) is 15.3 Å². The lowest BCUT2D eigenvalue weighted by Crippen LogP contribution is -2.53. The number of ether oxygens (including phenoxy) is 3. The first kappa shape index (κ1) is 29.9. The molecule has 2 N–H and O–H groups in total. The molecule has 3 atom stereocenters. The fourth-order valence-corrected chi connectivity index (χ4v) is 5.68. The van der Waals surface area contributed by atoms with Crippen LogP contribution in [0.3, 0.4) is 0 Å². The predicted molar refractivity (Wildman–Crippen MR) is 165 cm³/mol. The van der Waals surface area contributed by atoms with Crippen LogP contribution in [0.2, 0.25) is 13.1 Å². The lowest BCUT2D eigenvalue weighted by atomic mass is 9.79. The lowest BCUT2D eigenvalue weighted by Gasteiger charge is -2.45. The van der Waals surface area contributed by atoms with E-state index in [1.54, 1.807) is 18.2 Å². The average Bonchev–Trinajstić information content (AvgIpc) is 2.98. The van der Waals surface area contributed by atoms with Crippen LogP contribution in [0.4, 0.5) is 0 Å². The Balaban J connectivity index is 1.53. The second kappa shape index (κ2) is 12.3. The van der Waals surface area contributed by atoms with Crippen LogP contribution >= 0.6 is 0 Å². The maximum absolute atomic E-state index is 12.5. The minimum atomic E-state index is -1.94. The maximum atomic E-state index is 12.5. The number of aliphatic hydroxyl groups is 2. The molecule has 0 aliphatic carbocycles. The van der Waals surface area contributed by atoms with Crippen LogP contribution in [-0.4, -0.2) is 25.5 Å². The highest BCUT2D eigenvalue weighted by atomic mass is 28.3. The molecule has 0 bridgehead atoms. The van der Waals surface area contributed by atoms with E-state index < -0.39 is 27.0 Å². The first-order chi connectivity index (χ1) is 20.1. The fraction of sp³-hybridized carbons (Fsp3) is 0.314. The third-order valence-electron chi connectivity index (χ3n) is 7.40. The summed E-state index contributed by atoms with van der Waals surface area (Å²) in [7, 11) is -1.36. The Morgan fingerprint density at radius 2 is 1.43 bits per heavy atom. The molecule has 0 saturated carbocycles. The average molecular weight is 584 g/mol. The Morgan fingerprint density at radius 1 is 0.810 bits per heavy atom. The molecule has 0 fully saturated rings. The zero-order valence-electron chi connectivity index (χ0n) is 24.8. The molecule has 42 heavy (non-hydrogen) atoms. The highest BCUT2D eigenvalue weighted by Crippen LogP contribution is 2.51. The van der Waals surface area contributed by atoms with Crippen LogP contribution in [0, 0.1) is 0 Å². The topological polar surface area (TPSA) is 77.4 Å². The van der Waals surface area contributed by atoms with Crippen LogP contribution in [0.25, 0.3) is 0 Å². The first-order valence-corrected chi connectivity index (χ1v) is 16.6. The molecule has 5 rings (SSSR count). The van der Waals surface area contributed by atoms with Crippen LogP contribution < -0.4 is 14.2 Å². The van der Waals surface area contributed by atoms with E-state index >= 15 is 0 Å². The van der Waals surface area contributed by atoms with Gasteiger partial charge in [0.15, 0.2) is 5.60 Å². The van der Waals surface area contributed by atoms with Crippen molar-refractivity contribution in [3.8, 4) is 17.2 Å². The normalized spacial score (nSPS) is 20.1. The smallest absolute Gasteiger partial charge is 0.227 e. The number of fused-ring (bicyclic) bond motifs is 1. The zero-order valence-corrected chi connectivity index (χ0v) is 25.8. The lowest BCUT2D eigenvalue weighted by molar-refractivity contribution is -0.225. The monoisotopic (exact) mass is 583 g/mol. The van der Waals surface area contributed by atoms with Crippen molar-refractivity contribution in [3.63, 3.8) is 0 Å². The molecule has 7 heteroatoms. The van der Waals surface area contributed by atoms with E-state index in [2.05, 4.69) is 20.8 Å². The largest absolute Gasteiger partial charge is 0.489 e. The van der Waals surface area contributed by atoms with Crippen molar-refractivity contribution in [1.29, 1.82) is 0 Å². The van der Waals surface area contributed by atoms with Crippen molar-refractivity contribution in [2.45, 2.75) is 70.5 Å². The van der Waals surface area contributed by atoms with E-state index in [1.165, 1.54) is 0 Å². The first-order valence-electron chi connectivity index (χ1n) is 14.2. The number of benzene rings is 4. The Labute approximate surface area is 250 Å². The van der Waals surface area contributed by atoms with E-state index in [0.29, 0.717) is 41.6 Å². The Bertz CT molecular complexity index is 1480. The second-order valence-electron chi connectivity index (χ2n) is 11.9. The molecule has 0 aromatic heterocycles. The summed E-state index contributed by atoms with van der Waals surface area (Å²) in [5.41, 5.74) is 1.82. The maximum Gasteiger partial charge on any atom is 0.227 e. The van der Waals surface area contributed by atoms with Crippen LogP contribution in [0.5, 0.6) is 17.2 Å². The van der Waals surface area contributed by atoms with Crippen molar-refractivity contribution in [3.05, 3.63) is 125 Å². The van der Waals surface area contributed by atoms with E-state index in [4.69, 9.17) is 18.6 Å². The van der Waals surface area contributed by atoms with Gasteiger partial charge in [0.05, 0.1) is 0 Å². The Hall–Kier alpha value is -3.62. The van der Waals surface area contributed by atoms with Gasteiger partial charge in [-0.05, 0) is 53.4 Å². The Morgan fingerprint density at radius 3 is 2.02 bits per heavy atom. The minimum absolute atomic E-state index is 0.157. The van der Waals surface area contributed by atoms with Gasteiger partial charge in [0.1, 0.15) is 36.6 Å². The summed E-state index contributed by atoms with van der Waals surface area (Å²) in [4.78, 5) is 0. The minimum Gasteiger partial charge on any atom is -0.489 e. The molecule has 6 nitrogen and oxygen atoms in total. The quantitative estimate of drug-likeness (QED) is 0.206. The van der Waals surface area contributed by atoms with Gasteiger partial charge >= 0.3 is 0 Å². The van der Waals surface area contributed by atoms with Crippen molar-refractivity contribution >= 4 is 9.04 Å². The molecular formula is C35H39O6Si. The molecule has 1 aliphatic rings. The van der Waals surface area contributed by atoms with Gasteiger partial charge < -0.3 is 28.8 Å². The van der Waals surface area contributed by atoms with Gasteiger partial charge in [-0.2, -0.15) is 0 Å². The van der Waals surface area contributed by atoms with E-state index in [9.17, 15) is 10.2 Å². The molecule has 1 heterocycles. The second-order valence-corrected chi connectivity index (χ2v) is 14.0. The van der Waals surface area contributed by atoms with Gasteiger partial charge in [-0.3, -0.25) is 0 Å². The third kappa shape index (κ3) is 6.39. The summed E-state index contributed by atoms with van der Waals surface area (Å²) < 4.78 is 25.0. The van der Waals surface area contributed by atoms with Crippen LogP contribution in [0.1, 0.15) is 54.7 Å². The molecular weight excluding hydrogens is 544 g/mol. The molecule has 1 radical (unpaired) electrons. The molecule has 3 unspecified atom stereocenters. The number of hydrogen-bond donors (Lipinski definition) is 2. The van der Waals surface area contributed by atoms with E-state index in [0.717, 1.165) is 16.7 Å². The van der Waals surface area contributed by atoms with E-state index in [-0.39, 0.29) is 5.41 Å². The van der Waals surface area contributed by atoms with Crippen molar-refractivity contribution < 1.29 is 28.8 Å². The summed E-state index contributed by atoms with van der Waals surface area (Å²) >= 11 is 0. The van der Waals surface area contributed by atoms with Gasteiger partial charge in [-0.1, -0.05) is 93.6 Å². The summed E-state index contributed by atoms with van der Waals surface area (Å²) in [6, 6.07) is 30.7. The van der Waals surface area contributed by atoms with Crippen LogP contribution in [-0.2, 0) is 28.7 Å². The van der Waals surface area contributed by atoms with Gasteiger partial charge in [-0.25, -0.2) is 0 Å². The molecule has 1 aliphatic heterocycles. The highest BCUT2D eigenvalue weighted by Gasteiger charge is 2.54. The molecule has 219 valence electrons. The molecule has 0 saturated heterocycles. The SMILES string of the molecule is C[Si](C)OC1Oc2cc(OCc3ccccc3)ccc2C(O)C1(O)c1ccc(C(C)(C)C)cc1OCc1ccccc1. The molecule has 4 aromatic rings. The zero-order chi connectivity index (χ0) is 29.9. The fourth-order valence-electron chi connectivity index (χ4n) is 5.02. The predicted octanol–water partition coefficient (Wildman–Crippen LogP) is 7.05. The highest BCUT2D eigenvalue weighted by molar-refractivity contribution is 6.48. The third-order valence-corrected chi connectivity index (χ3v) is 8.08. The molecule has 0 spiro atoms. The van der Waals surface area contributed by atoms with Crippen molar-refractivity contribution in [2.24, 2.45) is 0 Å². The van der Waals surface area contributed by atoms with Crippen LogP contribution in [0.15, 0.2) is 97.1 Å². The van der Waals surface area contributed by atoms with Gasteiger partial charge in [0, 0.05) is 17.2 Å². The van der Waals surface area contributed by atoms with Crippen molar-refractivity contribution in [2.75, 3.05) is 0 Å².